The highest BCUT2D eigenvalue weighted by Crippen LogP contribution is 2.20. The zero-order valence-corrected chi connectivity index (χ0v) is 9.70. The molecule has 0 aliphatic heterocycles. The number of halogens is 1. The van der Waals surface area contributed by atoms with Crippen LogP contribution < -0.4 is 5.32 Å². The van der Waals surface area contributed by atoms with E-state index in [1.165, 1.54) is 0 Å². The fourth-order valence-corrected chi connectivity index (χ4v) is 1.55. The lowest BCUT2D eigenvalue weighted by molar-refractivity contribution is 0.947. The Morgan fingerprint density at radius 2 is 2.00 bits per heavy atom. The molecule has 0 saturated heterocycles. The van der Waals surface area contributed by atoms with E-state index in [0.717, 1.165) is 22.1 Å². The van der Waals surface area contributed by atoms with Gasteiger partial charge >= 0.3 is 0 Å². The van der Waals surface area contributed by atoms with Gasteiger partial charge in [-0.05, 0) is 30.7 Å². The monoisotopic (exact) mass is 233 g/mol. The predicted octanol–water partition coefficient (Wildman–Crippen LogP) is 3.05. The van der Waals surface area contributed by atoms with Crippen molar-refractivity contribution in [2.75, 3.05) is 5.32 Å². The Morgan fingerprint density at radius 3 is 2.75 bits per heavy atom. The molecule has 0 aliphatic carbocycles. The van der Waals surface area contributed by atoms with Crippen molar-refractivity contribution in [1.29, 1.82) is 0 Å². The minimum absolute atomic E-state index is 0.599. The molecular weight excluding hydrogens is 222 g/mol. The number of aryl methyl sites for hydroxylation is 1. The average molecular weight is 234 g/mol. The number of aromatic nitrogens is 2. The number of nitrogens with zero attached hydrogens (tertiary/aromatic N) is 2. The van der Waals surface area contributed by atoms with Crippen LogP contribution in [0.15, 0.2) is 36.7 Å². The maximum absolute atomic E-state index is 5.93. The lowest BCUT2D eigenvalue weighted by Gasteiger charge is -2.08. The molecule has 1 aromatic carbocycles. The van der Waals surface area contributed by atoms with E-state index < -0.39 is 0 Å². The van der Waals surface area contributed by atoms with Gasteiger partial charge in [0.15, 0.2) is 0 Å². The summed E-state index contributed by atoms with van der Waals surface area (Å²) in [4.78, 5) is 8.28. The van der Waals surface area contributed by atoms with Crippen LogP contribution in [0.4, 0.5) is 5.69 Å². The number of rotatable bonds is 3. The number of nitrogens with one attached hydrogen (secondary N) is 1. The summed E-state index contributed by atoms with van der Waals surface area (Å²) in [6.45, 7) is 2.63. The second-order valence-electron chi connectivity index (χ2n) is 3.48. The lowest BCUT2D eigenvalue weighted by atomic mass is 10.2. The molecule has 0 bridgehead atoms. The minimum atomic E-state index is 0.599. The Labute approximate surface area is 99.5 Å². The van der Waals surface area contributed by atoms with Crippen molar-refractivity contribution in [2.45, 2.75) is 13.5 Å². The van der Waals surface area contributed by atoms with Gasteiger partial charge in [0.2, 0.25) is 0 Å². The van der Waals surface area contributed by atoms with Gasteiger partial charge in [-0.15, -0.1) is 0 Å². The second-order valence-corrected chi connectivity index (χ2v) is 3.91. The Kier molecular flexibility index (Phi) is 3.37. The van der Waals surface area contributed by atoms with Crippen LogP contribution in [-0.2, 0) is 6.54 Å². The average Bonchev–Trinajstić information content (AvgIpc) is 2.32. The highest BCUT2D eigenvalue weighted by Gasteiger charge is 2.00. The van der Waals surface area contributed by atoms with Crippen molar-refractivity contribution in [3.8, 4) is 0 Å². The standard InChI is InChI=1S/C12H12ClN3/c1-9-3-4-10(13)7-11(9)16-8-12-14-5-2-6-15-12/h2-7,16H,8H2,1H3. The molecule has 4 heteroatoms. The van der Waals surface area contributed by atoms with Crippen LogP contribution in [0.3, 0.4) is 0 Å². The number of hydrogen-bond donors (Lipinski definition) is 1. The van der Waals surface area contributed by atoms with Crippen molar-refractivity contribution >= 4 is 17.3 Å². The minimum Gasteiger partial charge on any atom is -0.377 e. The van der Waals surface area contributed by atoms with Crippen molar-refractivity contribution in [2.24, 2.45) is 0 Å². The van der Waals surface area contributed by atoms with Crippen molar-refractivity contribution in [3.05, 3.63) is 53.1 Å². The predicted molar refractivity (Wildman–Crippen MR) is 65.5 cm³/mol. The summed E-state index contributed by atoms with van der Waals surface area (Å²) in [6.07, 6.45) is 3.46. The molecule has 1 aromatic heterocycles. The van der Waals surface area contributed by atoms with Crippen LogP contribution in [0.1, 0.15) is 11.4 Å². The van der Waals surface area contributed by atoms with E-state index in [1.54, 1.807) is 18.5 Å². The van der Waals surface area contributed by atoms with Gasteiger partial charge < -0.3 is 5.32 Å². The number of anilines is 1. The van der Waals surface area contributed by atoms with Crippen molar-refractivity contribution in [1.82, 2.24) is 9.97 Å². The third-order valence-corrected chi connectivity index (χ3v) is 2.49. The zero-order valence-electron chi connectivity index (χ0n) is 8.94. The van der Waals surface area contributed by atoms with Gasteiger partial charge in [-0.3, -0.25) is 0 Å². The van der Waals surface area contributed by atoms with Crippen LogP contribution in [0.2, 0.25) is 5.02 Å². The molecule has 0 radical (unpaired) electrons. The summed E-state index contributed by atoms with van der Waals surface area (Å²) >= 11 is 5.93. The molecule has 1 N–H and O–H groups in total. The fourth-order valence-electron chi connectivity index (χ4n) is 1.38. The van der Waals surface area contributed by atoms with Crippen LogP contribution in [-0.4, -0.2) is 9.97 Å². The molecule has 0 aliphatic rings. The molecule has 3 nitrogen and oxygen atoms in total. The molecule has 0 fully saturated rings. The highest BCUT2D eigenvalue weighted by molar-refractivity contribution is 6.30. The maximum Gasteiger partial charge on any atom is 0.147 e. The van der Waals surface area contributed by atoms with Gasteiger partial charge in [0.05, 0.1) is 6.54 Å². The van der Waals surface area contributed by atoms with Crippen LogP contribution in [0.25, 0.3) is 0 Å². The summed E-state index contributed by atoms with van der Waals surface area (Å²) in [6, 6.07) is 7.56. The van der Waals surface area contributed by atoms with E-state index in [-0.39, 0.29) is 0 Å². The molecule has 0 atom stereocenters. The molecule has 2 aromatic rings. The van der Waals surface area contributed by atoms with E-state index >= 15 is 0 Å². The first-order chi connectivity index (χ1) is 7.75. The first-order valence-corrected chi connectivity index (χ1v) is 5.39. The Hall–Kier alpha value is -1.61. The Bertz CT molecular complexity index is 471. The summed E-state index contributed by atoms with van der Waals surface area (Å²) in [5.74, 6) is 0.766. The number of benzene rings is 1. The Balaban J connectivity index is 2.08. The molecule has 82 valence electrons. The van der Waals surface area contributed by atoms with Crippen LogP contribution in [0.5, 0.6) is 0 Å². The Morgan fingerprint density at radius 1 is 1.25 bits per heavy atom. The van der Waals surface area contributed by atoms with Crippen LogP contribution >= 0.6 is 11.6 Å². The molecule has 1 heterocycles. The van der Waals surface area contributed by atoms with Crippen molar-refractivity contribution < 1.29 is 0 Å². The van der Waals surface area contributed by atoms with Gasteiger partial charge in [0, 0.05) is 23.1 Å². The van der Waals surface area contributed by atoms with Gasteiger partial charge in [-0.25, -0.2) is 9.97 Å². The smallest absolute Gasteiger partial charge is 0.147 e. The van der Waals surface area contributed by atoms with E-state index in [9.17, 15) is 0 Å². The molecule has 0 unspecified atom stereocenters. The first kappa shape index (κ1) is 10.9. The van der Waals surface area contributed by atoms with Crippen LogP contribution in [0, 0.1) is 6.92 Å². The van der Waals surface area contributed by atoms with Gasteiger partial charge in [0.25, 0.3) is 0 Å². The zero-order chi connectivity index (χ0) is 11.4. The normalized spacial score (nSPS) is 10.1. The molecular formula is C12H12ClN3. The van der Waals surface area contributed by atoms with E-state index in [4.69, 9.17) is 11.6 Å². The second kappa shape index (κ2) is 4.94. The van der Waals surface area contributed by atoms with Gasteiger partial charge in [-0.1, -0.05) is 17.7 Å². The maximum atomic E-state index is 5.93. The van der Waals surface area contributed by atoms with Gasteiger partial charge in [-0.2, -0.15) is 0 Å². The third kappa shape index (κ3) is 2.70. The lowest BCUT2D eigenvalue weighted by Crippen LogP contribution is -2.04. The topological polar surface area (TPSA) is 37.8 Å². The quantitative estimate of drug-likeness (QED) is 0.886. The molecule has 16 heavy (non-hydrogen) atoms. The van der Waals surface area contributed by atoms with Gasteiger partial charge in [0.1, 0.15) is 5.82 Å². The summed E-state index contributed by atoms with van der Waals surface area (Å²) in [5, 5.41) is 3.98. The third-order valence-electron chi connectivity index (χ3n) is 2.26. The van der Waals surface area contributed by atoms with Crippen molar-refractivity contribution in [3.63, 3.8) is 0 Å². The highest BCUT2D eigenvalue weighted by atomic mass is 35.5. The molecule has 0 amide bonds. The fraction of sp³-hybridized carbons (Fsp3) is 0.167. The molecule has 0 spiro atoms. The van der Waals surface area contributed by atoms with E-state index in [0.29, 0.717) is 6.54 Å². The number of hydrogen-bond acceptors (Lipinski definition) is 3. The summed E-state index contributed by atoms with van der Waals surface area (Å²) in [7, 11) is 0. The first-order valence-electron chi connectivity index (χ1n) is 5.01. The summed E-state index contributed by atoms with van der Waals surface area (Å²) in [5.41, 5.74) is 2.17. The SMILES string of the molecule is Cc1ccc(Cl)cc1NCc1ncccn1. The van der Waals surface area contributed by atoms with E-state index in [1.807, 2.05) is 25.1 Å². The summed E-state index contributed by atoms with van der Waals surface area (Å²) < 4.78 is 0. The molecule has 2 rings (SSSR count). The van der Waals surface area contributed by atoms with E-state index in [2.05, 4.69) is 15.3 Å². The molecule has 0 saturated carbocycles. The largest absolute Gasteiger partial charge is 0.377 e.